The zero-order valence-electron chi connectivity index (χ0n) is 10.4. The minimum Gasteiger partial charge on any atom is -0.354 e. The molecule has 92 valence electrons. The van der Waals surface area contributed by atoms with Crippen molar-refractivity contribution in [2.45, 2.75) is 51.5 Å². The minimum atomic E-state index is 0.295. The fraction of sp³-hybridized carbons (Fsp3) is 0.923. The first kappa shape index (κ1) is 11.9. The first-order chi connectivity index (χ1) is 7.81. The van der Waals surface area contributed by atoms with Crippen molar-refractivity contribution < 1.29 is 4.79 Å². The van der Waals surface area contributed by atoms with Crippen LogP contribution in [0.4, 0.5) is 0 Å². The van der Waals surface area contributed by atoms with Crippen molar-refractivity contribution in [3.8, 4) is 0 Å². The van der Waals surface area contributed by atoms with Crippen molar-refractivity contribution in [2.24, 2.45) is 5.92 Å². The average Bonchev–Trinajstić information content (AvgIpc) is 2.69. The fourth-order valence-corrected chi connectivity index (χ4v) is 2.67. The van der Waals surface area contributed by atoms with Gasteiger partial charge in [-0.15, -0.1) is 0 Å². The highest BCUT2D eigenvalue weighted by atomic mass is 16.1. The molecule has 1 aliphatic heterocycles. The third-order valence-corrected chi connectivity index (χ3v) is 4.12. The fourth-order valence-electron chi connectivity index (χ4n) is 2.67. The van der Waals surface area contributed by atoms with Gasteiger partial charge in [-0.25, -0.2) is 0 Å². The SMILES string of the molecule is CC[C@H](CNC(=O)C1CCC1)N1CCCC1. The van der Waals surface area contributed by atoms with E-state index in [0.29, 0.717) is 17.9 Å². The van der Waals surface area contributed by atoms with Crippen LogP contribution in [0.15, 0.2) is 0 Å². The molecule has 1 aliphatic carbocycles. The molecule has 2 aliphatic rings. The third-order valence-electron chi connectivity index (χ3n) is 4.12. The molecule has 1 saturated heterocycles. The molecule has 1 N–H and O–H groups in total. The predicted octanol–water partition coefficient (Wildman–Crippen LogP) is 1.78. The molecule has 0 aromatic carbocycles. The standard InChI is InChI=1S/C13H24N2O/c1-2-12(15-8-3-4-9-15)10-14-13(16)11-6-5-7-11/h11-12H,2-10H2,1H3,(H,14,16)/t12-/m1/s1. The Morgan fingerprint density at radius 1 is 1.31 bits per heavy atom. The van der Waals surface area contributed by atoms with Crippen LogP contribution in [-0.4, -0.2) is 36.5 Å². The molecule has 2 rings (SSSR count). The number of hydrogen-bond acceptors (Lipinski definition) is 2. The topological polar surface area (TPSA) is 32.3 Å². The molecule has 1 atom stereocenters. The second-order valence-electron chi connectivity index (χ2n) is 5.18. The average molecular weight is 224 g/mol. The summed E-state index contributed by atoms with van der Waals surface area (Å²) in [5, 5.41) is 3.13. The van der Waals surface area contributed by atoms with Crippen LogP contribution in [-0.2, 0) is 4.79 Å². The molecule has 3 heteroatoms. The minimum absolute atomic E-state index is 0.295. The highest BCUT2D eigenvalue weighted by Gasteiger charge is 2.26. The lowest BCUT2D eigenvalue weighted by atomic mass is 9.85. The molecule has 0 spiro atoms. The van der Waals surface area contributed by atoms with Crippen LogP contribution in [0.3, 0.4) is 0 Å². The molecule has 16 heavy (non-hydrogen) atoms. The summed E-state index contributed by atoms with van der Waals surface area (Å²) < 4.78 is 0. The molecule has 1 saturated carbocycles. The highest BCUT2D eigenvalue weighted by Crippen LogP contribution is 2.26. The maximum Gasteiger partial charge on any atom is 0.223 e. The molecule has 1 heterocycles. The van der Waals surface area contributed by atoms with E-state index in [1.807, 2.05) is 0 Å². The van der Waals surface area contributed by atoms with Crippen LogP contribution >= 0.6 is 0 Å². The Balaban J connectivity index is 1.71. The summed E-state index contributed by atoms with van der Waals surface area (Å²) in [7, 11) is 0. The summed E-state index contributed by atoms with van der Waals surface area (Å²) in [5.41, 5.74) is 0. The summed E-state index contributed by atoms with van der Waals surface area (Å²) in [6, 6.07) is 0.562. The van der Waals surface area contributed by atoms with E-state index in [1.54, 1.807) is 0 Å². The van der Waals surface area contributed by atoms with E-state index >= 15 is 0 Å². The van der Waals surface area contributed by atoms with Gasteiger partial charge in [0.1, 0.15) is 0 Å². The van der Waals surface area contributed by atoms with E-state index in [9.17, 15) is 4.79 Å². The summed E-state index contributed by atoms with van der Waals surface area (Å²) in [4.78, 5) is 14.3. The van der Waals surface area contributed by atoms with Crippen molar-refractivity contribution in [1.29, 1.82) is 0 Å². The van der Waals surface area contributed by atoms with Crippen LogP contribution < -0.4 is 5.32 Å². The Morgan fingerprint density at radius 2 is 2.00 bits per heavy atom. The van der Waals surface area contributed by atoms with Gasteiger partial charge in [-0.05, 0) is 45.2 Å². The molecule has 0 radical (unpaired) electrons. The number of nitrogens with one attached hydrogen (secondary N) is 1. The van der Waals surface area contributed by atoms with E-state index in [0.717, 1.165) is 25.8 Å². The van der Waals surface area contributed by atoms with Gasteiger partial charge in [0.05, 0.1) is 0 Å². The highest BCUT2D eigenvalue weighted by molar-refractivity contribution is 5.79. The predicted molar refractivity (Wildman–Crippen MR) is 65.2 cm³/mol. The van der Waals surface area contributed by atoms with Gasteiger partial charge in [0, 0.05) is 18.5 Å². The van der Waals surface area contributed by atoms with Crippen molar-refractivity contribution >= 4 is 5.91 Å². The lowest BCUT2D eigenvalue weighted by molar-refractivity contribution is -0.127. The molecular weight excluding hydrogens is 200 g/mol. The monoisotopic (exact) mass is 224 g/mol. The van der Waals surface area contributed by atoms with Crippen LogP contribution in [0.1, 0.15) is 45.4 Å². The molecule has 2 fully saturated rings. The Morgan fingerprint density at radius 3 is 2.50 bits per heavy atom. The normalized spacial score (nSPS) is 24.1. The van der Waals surface area contributed by atoms with E-state index in [1.165, 1.54) is 32.4 Å². The van der Waals surface area contributed by atoms with Crippen LogP contribution in [0, 0.1) is 5.92 Å². The van der Waals surface area contributed by atoms with Gasteiger partial charge in [0.25, 0.3) is 0 Å². The summed E-state index contributed by atoms with van der Waals surface area (Å²) in [6.45, 7) is 5.51. The van der Waals surface area contributed by atoms with Crippen molar-refractivity contribution in [3.63, 3.8) is 0 Å². The first-order valence-electron chi connectivity index (χ1n) is 6.83. The zero-order chi connectivity index (χ0) is 11.4. The second kappa shape index (κ2) is 5.67. The smallest absolute Gasteiger partial charge is 0.223 e. The van der Waals surface area contributed by atoms with E-state index in [-0.39, 0.29) is 0 Å². The maximum absolute atomic E-state index is 11.7. The lowest BCUT2D eigenvalue weighted by Crippen LogP contribution is -2.44. The van der Waals surface area contributed by atoms with Crippen LogP contribution in [0.25, 0.3) is 0 Å². The quantitative estimate of drug-likeness (QED) is 0.772. The van der Waals surface area contributed by atoms with Gasteiger partial charge < -0.3 is 5.32 Å². The maximum atomic E-state index is 11.7. The number of hydrogen-bond donors (Lipinski definition) is 1. The van der Waals surface area contributed by atoms with E-state index in [2.05, 4.69) is 17.1 Å². The van der Waals surface area contributed by atoms with Gasteiger partial charge in [-0.3, -0.25) is 9.69 Å². The van der Waals surface area contributed by atoms with Gasteiger partial charge in [-0.1, -0.05) is 13.3 Å². The lowest BCUT2D eigenvalue weighted by Gasteiger charge is -2.29. The first-order valence-corrected chi connectivity index (χ1v) is 6.83. The number of likely N-dealkylation sites (tertiary alicyclic amines) is 1. The zero-order valence-corrected chi connectivity index (χ0v) is 10.4. The Hall–Kier alpha value is -0.570. The molecule has 3 nitrogen and oxygen atoms in total. The molecular formula is C13H24N2O. The largest absolute Gasteiger partial charge is 0.354 e. The molecule has 0 bridgehead atoms. The van der Waals surface area contributed by atoms with Crippen molar-refractivity contribution in [2.75, 3.05) is 19.6 Å². The van der Waals surface area contributed by atoms with Gasteiger partial charge in [-0.2, -0.15) is 0 Å². The number of carbonyl (C=O) groups excluding carboxylic acids is 1. The Kier molecular flexibility index (Phi) is 4.22. The Bertz CT molecular complexity index is 232. The van der Waals surface area contributed by atoms with Gasteiger partial charge in [0.15, 0.2) is 0 Å². The molecule has 1 amide bonds. The Labute approximate surface area is 98.6 Å². The van der Waals surface area contributed by atoms with Gasteiger partial charge in [0.2, 0.25) is 5.91 Å². The molecule has 0 aromatic rings. The molecule has 0 unspecified atom stereocenters. The molecule has 0 aromatic heterocycles. The van der Waals surface area contributed by atoms with Crippen LogP contribution in [0.5, 0.6) is 0 Å². The summed E-state index contributed by atoms with van der Waals surface area (Å²) in [5.74, 6) is 0.625. The van der Waals surface area contributed by atoms with Crippen LogP contribution in [0.2, 0.25) is 0 Å². The summed E-state index contributed by atoms with van der Waals surface area (Å²) >= 11 is 0. The van der Waals surface area contributed by atoms with Crippen molar-refractivity contribution in [1.82, 2.24) is 10.2 Å². The van der Waals surface area contributed by atoms with E-state index < -0.39 is 0 Å². The summed E-state index contributed by atoms with van der Waals surface area (Å²) in [6.07, 6.45) is 7.24. The third kappa shape index (κ3) is 2.76. The number of amides is 1. The number of rotatable bonds is 5. The van der Waals surface area contributed by atoms with Crippen molar-refractivity contribution in [3.05, 3.63) is 0 Å². The van der Waals surface area contributed by atoms with Gasteiger partial charge >= 0.3 is 0 Å². The number of carbonyl (C=O) groups is 1. The number of nitrogens with zero attached hydrogens (tertiary/aromatic N) is 1. The van der Waals surface area contributed by atoms with E-state index in [4.69, 9.17) is 0 Å². The second-order valence-corrected chi connectivity index (χ2v) is 5.18.